The number of alkyl halides is 1. The number of halogens is 1. The molecule has 7 heteroatoms. The van der Waals surface area contributed by atoms with Gasteiger partial charge in [-0.05, 0) is 12.1 Å². The third-order valence-corrected chi connectivity index (χ3v) is 2.66. The molecule has 0 aliphatic rings. The van der Waals surface area contributed by atoms with Gasteiger partial charge in [0, 0.05) is 10.9 Å². The number of esters is 1. The maximum atomic E-state index is 11.3. The molecule has 0 saturated carbocycles. The quantitative estimate of drug-likeness (QED) is 0.369. The van der Waals surface area contributed by atoms with Crippen molar-refractivity contribution in [3.63, 3.8) is 0 Å². The Labute approximate surface area is 105 Å². The van der Waals surface area contributed by atoms with E-state index < -0.39 is 10.9 Å². The number of nitrogens with zero attached hydrogens (tertiary/aromatic N) is 2. The summed E-state index contributed by atoms with van der Waals surface area (Å²) in [6, 6.07) is 4.18. The van der Waals surface area contributed by atoms with Gasteiger partial charge in [-0.15, -0.1) is 0 Å². The van der Waals surface area contributed by atoms with Crippen LogP contribution in [0.15, 0.2) is 12.1 Å². The van der Waals surface area contributed by atoms with Crippen molar-refractivity contribution in [2.75, 3.05) is 7.11 Å². The molecule has 0 atom stereocenters. The van der Waals surface area contributed by atoms with E-state index in [1.807, 2.05) is 0 Å². The van der Waals surface area contributed by atoms with E-state index in [0.29, 0.717) is 0 Å². The maximum absolute atomic E-state index is 11.3. The van der Waals surface area contributed by atoms with E-state index >= 15 is 0 Å². The van der Waals surface area contributed by atoms with Crippen LogP contribution in [0.3, 0.4) is 0 Å². The van der Waals surface area contributed by atoms with Crippen LogP contribution < -0.4 is 0 Å². The van der Waals surface area contributed by atoms with Crippen LogP contribution in [0, 0.1) is 21.4 Å². The molecule has 1 aromatic carbocycles. The summed E-state index contributed by atoms with van der Waals surface area (Å²) in [4.78, 5) is 21.5. The average Bonchev–Trinajstić information content (AvgIpc) is 2.35. The molecule has 1 rings (SSSR count). The highest BCUT2D eigenvalue weighted by molar-refractivity contribution is 9.08. The minimum atomic E-state index is -0.643. The van der Waals surface area contributed by atoms with Crippen LogP contribution >= 0.6 is 15.9 Å². The van der Waals surface area contributed by atoms with Gasteiger partial charge in [0.1, 0.15) is 11.6 Å². The number of hydrogen-bond donors (Lipinski definition) is 0. The fourth-order valence-electron chi connectivity index (χ4n) is 1.33. The number of carbonyl (C=O) groups excluding carboxylic acids is 1. The topological polar surface area (TPSA) is 93.2 Å². The van der Waals surface area contributed by atoms with E-state index in [-0.39, 0.29) is 27.7 Å². The van der Waals surface area contributed by atoms with Crippen molar-refractivity contribution < 1.29 is 14.5 Å². The summed E-state index contributed by atoms with van der Waals surface area (Å²) in [5.41, 5.74) is -0.0806. The third kappa shape index (κ3) is 2.60. The summed E-state index contributed by atoms with van der Waals surface area (Å²) < 4.78 is 4.50. The first-order chi connectivity index (χ1) is 8.04. The van der Waals surface area contributed by atoms with Crippen molar-refractivity contribution in [1.29, 1.82) is 5.26 Å². The zero-order chi connectivity index (χ0) is 13.0. The smallest absolute Gasteiger partial charge is 0.337 e. The van der Waals surface area contributed by atoms with Crippen molar-refractivity contribution in [2.24, 2.45) is 0 Å². The van der Waals surface area contributed by atoms with Gasteiger partial charge < -0.3 is 4.74 Å². The molecule has 0 bridgehead atoms. The van der Waals surface area contributed by atoms with Crippen molar-refractivity contribution in [3.05, 3.63) is 38.9 Å². The molecule has 0 unspecified atom stereocenters. The largest absolute Gasteiger partial charge is 0.465 e. The molecule has 6 nitrogen and oxygen atoms in total. The number of carbonyl (C=O) groups is 1. The first-order valence-corrected chi connectivity index (χ1v) is 5.53. The Hall–Kier alpha value is -1.94. The molecule has 0 amide bonds. The summed E-state index contributed by atoms with van der Waals surface area (Å²) >= 11 is 3.08. The average molecular weight is 299 g/mol. The second-order valence-electron chi connectivity index (χ2n) is 3.03. The Morgan fingerprint density at radius 1 is 1.65 bits per heavy atom. The predicted molar refractivity (Wildman–Crippen MR) is 61.8 cm³/mol. The highest BCUT2D eigenvalue weighted by Gasteiger charge is 2.22. The van der Waals surface area contributed by atoms with Gasteiger partial charge >= 0.3 is 5.97 Å². The summed E-state index contributed by atoms with van der Waals surface area (Å²) in [7, 11) is 1.20. The summed E-state index contributed by atoms with van der Waals surface area (Å²) in [5.74, 6) is -0.640. The van der Waals surface area contributed by atoms with Crippen molar-refractivity contribution in [1.82, 2.24) is 0 Å². The number of ether oxygens (including phenoxy) is 1. The lowest BCUT2D eigenvalue weighted by Crippen LogP contribution is -2.05. The second-order valence-corrected chi connectivity index (χ2v) is 3.59. The lowest BCUT2D eigenvalue weighted by Gasteiger charge is -2.04. The molecule has 0 radical (unpaired) electrons. The predicted octanol–water partition coefficient (Wildman–Crippen LogP) is 2.15. The van der Waals surface area contributed by atoms with Gasteiger partial charge in [0.25, 0.3) is 5.69 Å². The van der Waals surface area contributed by atoms with Crippen molar-refractivity contribution in [2.45, 2.75) is 5.33 Å². The van der Waals surface area contributed by atoms with Crippen LogP contribution in [0.5, 0.6) is 0 Å². The maximum Gasteiger partial charge on any atom is 0.337 e. The van der Waals surface area contributed by atoms with Gasteiger partial charge in [-0.2, -0.15) is 5.26 Å². The summed E-state index contributed by atoms with van der Waals surface area (Å²) in [6.45, 7) is 0. The van der Waals surface area contributed by atoms with Gasteiger partial charge in [0.15, 0.2) is 0 Å². The Morgan fingerprint density at radius 3 is 2.71 bits per heavy atom. The van der Waals surface area contributed by atoms with Crippen LogP contribution in [0.25, 0.3) is 0 Å². The highest BCUT2D eigenvalue weighted by Crippen LogP contribution is 2.27. The fraction of sp³-hybridized carbons (Fsp3) is 0.200. The van der Waals surface area contributed by atoms with Gasteiger partial charge in [0.05, 0.1) is 17.6 Å². The van der Waals surface area contributed by atoms with E-state index in [0.717, 1.165) is 6.07 Å². The van der Waals surface area contributed by atoms with Crippen LogP contribution in [0.2, 0.25) is 0 Å². The van der Waals surface area contributed by atoms with Crippen molar-refractivity contribution in [3.8, 4) is 6.07 Å². The number of rotatable bonds is 3. The number of nitro benzene ring substituents is 1. The standard InChI is InChI=1S/C10H7BrN2O4/c1-17-10(14)6-2-7(4-11)9(13(15)16)8(3-6)5-12/h2-3H,4H2,1H3. The molecule has 0 saturated heterocycles. The van der Waals surface area contributed by atoms with E-state index in [2.05, 4.69) is 20.7 Å². The van der Waals surface area contributed by atoms with E-state index in [1.165, 1.54) is 13.2 Å². The Balaban J connectivity index is 3.51. The molecule has 88 valence electrons. The molecular formula is C10H7BrN2O4. The molecule has 17 heavy (non-hydrogen) atoms. The van der Waals surface area contributed by atoms with Crippen LogP contribution in [0.1, 0.15) is 21.5 Å². The molecule has 0 N–H and O–H groups in total. The molecule has 0 heterocycles. The first kappa shape index (κ1) is 13.1. The van der Waals surface area contributed by atoms with Gasteiger partial charge in [-0.25, -0.2) is 4.79 Å². The Bertz CT molecular complexity index is 522. The van der Waals surface area contributed by atoms with E-state index in [1.54, 1.807) is 6.07 Å². The minimum Gasteiger partial charge on any atom is -0.465 e. The highest BCUT2D eigenvalue weighted by atomic mass is 79.9. The van der Waals surface area contributed by atoms with E-state index in [4.69, 9.17) is 5.26 Å². The normalized spacial score (nSPS) is 9.47. The number of nitriles is 1. The van der Waals surface area contributed by atoms with Crippen LogP contribution in [-0.2, 0) is 10.1 Å². The molecule has 0 fully saturated rings. The molecule has 0 spiro atoms. The zero-order valence-corrected chi connectivity index (χ0v) is 10.4. The Kier molecular flexibility index (Phi) is 4.17. The van der Waals surface area contributed by atoms with E-state index in [9.17, 15) is 14.9 Å². The number of hydrogen-bond acceptors (Lipinski definition) is 5. The molecule has 0 aliphatic heterocycles. The van der Waals surface area contributed by atoms with Crippen LogP contribution in [-0.4, -0.2) is 18.0 Å². The molecule has 1 aromatic rings. The third-order valence-electron chi connectivity index (χ3n) is 2.06. The molecule has 0 aromatic heterocycles. The van der Waals surface area contributed by atoms with Crippen LogP contribution in [0.4, 0.5) is 5.69 Å². The monoisotopic (exact) mass is 298 g/mol. The number of benzene rings is 1. The minimum absolute atomic E-state index is 0.115. The zero-order valence-electron chi connectivity index (χ0n) is 8.77. The number of methoxy groups -OCH3 is 1. The van der Waals surface area contributed by atoms with Gasteiger partial charge in [0.2, 0.25) is 0 Å². The first-order valence-electron chi connectivity index (χ1n) is 4.40. The summed E-state index contributed by atoms with van der Waals surface area (Å²) in [6.07, 6.45) is 0. The molecule has 0 aliphatic carbocycles. The second kappa shape index (κ2) is 5.41. The molecular weight excluding hydrogens is 292 g/mol. The van der Waals surface area contributed by atoms with Gasteiger partial charge in [-0.3, -0.25) is 10.1 Å². The number of nitro groups is 1. The lowest BCUT2D eigenvalue weighted by atomic mass is 10.0. The SMILES string of the molecule is COC(=O)c1cc(C#N)c([N+](=O)[O-])c(CBr)c1. The fourth-order valence-corrected chi connectivity index (χ4v) is 1.76. The lowest BCUT2D eigenvalue weighted by molar-refractivity contribution is -0.385. The Morgan fingerprint density at radius 2 is 2.29 bits per heavy atom. The van der Waals surface area contributed by atoms with Gasteiger partial charge in [-0.1, -0.05) is 15.9 Å². The van der Waals surface area contributed by atoms with Crippen molar-refractivity contribution >= 4 is 27.6 Å². The summed E-state index contributed by atoms with van der Waals surface area (Å²) in [5, 5.41) is 19.8.